The van der Waals surface area contributed by atoms with Crippen molar-refractivity contribution in [3.8, 4) is 0 Å². The summed E-state index contributed by atoms with van der Waals surface area (Å²) in [5.41, 5.74) is 2.03. The minimum absolute atomic E-state index is 0.560. The summed E-state index contributed by atoms with van der Waals surface area (Å²) in [6.07, 6.45) is -0.560. The van der Waals surface area contributed by atoms with Crippen LogP contribution in [0.2, 0.25) is 0 Å². The molecule has 3 N–H and O–H groups in total. The van der Waals surface area contributed by atoms with E-state index >= 15 is 0 Å². The highest BCUT2D eigenvalue weighted by Crippen LogP contribution is 1.91. The molecular formula is C5H6N2O4S. The summed E-state index contributed by atoms with van der Waals surface area (Å²) in [4.78, 5) is 20.4. The van der Waals surface area contributed by atoms with E-state index in [4.69, 9.17) is 10.2 Å². The number of hydrogen-bond donors (Lipinski definition) is 3. The molecule has 0 spiro atoms. The van der Waals surface area contributed by atoms with E-state index in [-0.39, 0.29) is 0 Å². The molecule has 0 unspecified atom stereocenters. The van der Waals surface area contributed by atoms with Gasteiger partial charge in [-0.25, -0.2) is 4.79 Å². The highest BCUT2D eigenvalue weighted by Gasteiger charge is 2.19. The van der Waals surface area contributed by atoms with Crippen LogP contribution < -0.4 is 5.43 Å². The zero-order chi connectivity index (χ0) is 9.56. The van der Waals surface area contributed by atoms with Crippen molar-refractivity contribution in [1.82, 2.24) is 5.43 Å². The van der Waals surface area contributed by atoms with Gasteiger partial charge in [-0.3, -0.25) is 10.2 Å². The Morgan fingerprint density at radius 2 is 2.17 bits per heavy atom. The number of hydrazone groups is 1. The molecule has 0 bridgehead atoms. The molecule has 7 heteroatoms. The first-order valence-corrected chi connectivity index (χ1v) is 3.25. The average molecular weight is 190 g/mol. The molecule has 0 saturated heterocycles. The van der Waals surface area contributed by atoms with Crippen LogP contribution in [0.15, 0.2) is 5.10 Å². The van der Waals surface area contributed by atoms with Gasteiger partial charge in [0, 0.05) is 0 Å². The van der Waals surface area contributed by atoms with Gasteiger partial charge in [0.1, 0.15) is 0 Å². The van der Waals surface area contributed by atoms with E-state index in [0.717, 1.165) is 0 Å². The van der Waals surface area contributed by atoms with Crippen molar-refractivity contribution in [2.24, 2.45) is 5.10 Å². The average Bonchev–Trinajstić information content (AvgIpc) is 1.96. The summed E-state index contributed by atoms with van der Waals surface area (Å²) in [7, 11) is 0. The lowest BCUT2D eigenvalue weighted by molar-refractivity contribution is -0.145. The van der Waals surface area contributed by atoms with E-state index in [0.29, 0.717) is 0 Å². The Bertz CT molecular complexity index is 232. The van der Waals surface area contributed by atoms with Gasteiger partial charge in [-0.05, 0) is 12.2 Å². The minimum atomic E-state index is -1.30. The normalized spacial score (nSPS) is 11.0. The summed E-state index contributed by atoms with van der Waals surface area (Å²) in [6, 6.07) is -1.27. The summed E-state index contributed by atoms with van der Waals surface area (Å²) in [6.45, 7) is 0. The van der Waals surface area contributed by atoms with Crippen molar-refractivity contribution in [2.75, 3.05) is 0 Å². The van der Waals surface area contributed by atoms with Crippen LogP contribution in [0.25, 0.3) is 0 Å². The molecule has 1 atom stereocenters. The molecule has 66 valence electrons. The molecule has 0 amide bonds. The monoisotopic (exact) mass is 190 g/mol. The van der Waals surface area contributed by atoms with E-state index in [1.807, 2.05) is 10.6 Å². The van der Waals surface area contributed by atoms with Crippen LogP contribution in [-0.2, 0) is 9.59 Å². The highest BCUT2D eigenvalue weighted by molar-refractivity contribution is 7.78. The molecule has 0 aromatic rings. The molecule has 0 aliphatic rings. The highest BCUT2D eigenvalue weighted by atomic mass is 32.1. The number of hydrogen-bond acceptors (Lipinski definition) is 5. The number of carbonyl (C=O) groups is 2. The van der Waals surface area contributed by atoms with E-state index in [2.05, 4.69) is 17.3 Å². The fourth-order valence-electron chi connectivity index (χ4n) is 0.467. The molecule has 0 aromatic heterocycles. The zero-order valence-corrected chi connectivity index (χ0v) is 6.67. The molecule has 0 saturated carbocycles. The van der Waals surface area contributed by atoms with E-state index < -0.39 is 24.4 Å². The Hall–Kier alpha value is -1.46. The van der Waals surface area contributed by atoms with Gasteiger partial charge in [0.15, 0.2) is 6.04 Å². The summed E-state index contributed by atoms with van der Waals surface area (Å²) in [5, 5.41) is 21.6. The lowest BCUT2D eigenvalue weighted by atomic mass is 10.2. The van der Waals surface area contributed by atoms with Gasteiger partial charge in [-0.2, -0.15) is 0 Å². The lowest BCUT2D eigenvalue weighted by Crippen LogP contribution is -2.35. The molecular weight excluding hydrogens is 184 g/mol. The van der Waals surface area contributed by atoms with Crippen molar-refractivity contribution in [2.45, 2.75) is 12.5 Å². The van der Waals surface area contributed by atoms with Crippen LogP contribution in [0.3, 0.4) is 0 Å². The van der Waals surface area contributed by atoms with Crippen molar-refractivity contribution in [3.05, 3.63) is 0 Å². The smallest absolute Gasteiger partial charge is 0.328 e. The Labute approximate surface area is 72.9 Å². The van der Waals surface area contributed by atoms with Gasteiger partial charge in [0.25, 0.3) is 0 Å². The molecule has 0 fully saturated rings. The quantitative estimate of drug-likeness (QED) is 0.307. The van der Waals surface area contributed by atoms with Crippen molar-refractivity contribution >= 4 is 29.3 Å². The van der Waals surface area contributed by atoms with Gasteiger partial charge in [0.05, 0.1) is 11.6 Å². The molecule has 0 radical (unpaired) electrons. The number of nitrogens with zero attached hydrogens (tertiary/aromatic N) is 1. The van der Waals surface area contributed by atoms with E-state index in [1.54, 1.807) is 0 Å². The van der Waals surface area contributed by atoms with E-state index in [9.17, 15) is 9.59 Å². The maximum Gasteiger partial charge on any atom is 0.328 e. The first-order valence-electron chi connectivity index (χ1n) is 2.85. The fraction of sp³-hybridized carbons (Fsp3) is 0.400. The van der Waals surface area contributed by atoms with Gasteiger partial charge < -0.3 is 10.2 Å². The van der Waals surface area contributed by atoms with Crippen LogP contribution >= 0.6 is 12.2 Å². The zero-order valence-electron chi connectivity index (χ0n) is 5.85. The number of thiocarbonyl (C=S) groups is 1. The number of carboxylic acid groups (broad SMARTS) is 2. The number of isothiocyanates is 1. The second-order valence-corrected chi connectivity index (χ2v) is 2.00. The third-order valence-corrected chi connectivity index (χ3v) is 1.03. The topological polar surface area (TPSA) is 99.0 Å². The number of nitrogens with one attached hydrogen (secondary N) is 1. The van der Waals surface area contributed by atoms with Crippen LogP contribution in [0.1, 0.15) is 6.42 Å². The molecule has 6 nitrogen and oxygen atoms in total. The Morgan fingerprint density at radius 1 is 1.58 bits per heavy atom. The Kier molecular flexibility index (Phi) is 4.59. The van der Waals surface area contributed by atoms with Gasteiger partial charge in [-0.1, -0.05) is 0 Å². The third-order valence-electron chi connectivity index (χ3n) is 0.943. The first kappa shape index (κ1) is 10.5. The Balaban J connectivity index is 4.13. The molecule has 0 rings (SSSR count). The fourth-order valence-corrected chi connectivity index (χ4v) is 0.520. The van der Waals surface area contributed by atoms with Gasteiger partial charge >= 0.3 is 11.9 Å². The van der Waals surface area contributed by atoms with Crippen LogP contribution in [-0.4, -0.2) is 33.4 Å². The second-order valence-electron chi connectivity index (χ2n) is 1.82. The van der Waals surface area contributed by atoms with Crippen LogP contribution in [0.5, 0.6) is 0 Å². The van der Waals surface area contributed by atoms with E-state index in [1.165, 1.54) is 0 Å². The second kappa shape index (κ2) is 5.22. The number of carboxylic acids is 2. The number of aliphatic carboxylic acids is 2. The predicted octanol–water partition coefficient (Wildman–Crippen LogP) is -0.478. The SMILES string of the molecule is O=C(O)C[C@H](NN=C=S)C(=O)O. The standard InChI is InChI=1S/C5H6N2O4S/c8-4(9)1-3(5(10)11)7-6-2-12/h3,7H,1H2,(H,8,9)(H,10,11)/t3-/m0/s1. The summed E-state index contributed by atoms with van der Waals surface area (Å²) < 4.78 is 0. The summed E-state index contributed by atoms with van der Waals surface area (Å²) in [5.74, 6) is -2.53. The third kappa shape index (κ3) is 4.37. The largest absolute Gasteiger partial charge is 0.481 e. The molecule has 0 heterocycles. The van der Waals surface area contributed by atoms with Crippen LogP contribution in [0, 0.1) is 0 Å². The van der Waals surface area contributed by atoms with Crippen molar-refractivity contribution < 1.29 is 19.8 Å². The Morgan fingerprint density at radius 3 is 2.50 bits per heavy atom. The van der Waals surface area contributed by atoms with Crippen molar-refractivity contribution in [3.63, 3.8) is 0 Å². The first-order chi connectivity index (χ1) is 5.57. The predicted molar refractivity (Wildman–Crippen MR) is 41.8 cm³/mol. The van der Waals surface area contributed by atoms with Gasteiger partial charge in [0.2, 0.25) is 0 Å². The maximum atomic E-state index is 10.3. The summed E-state index contributed by atoms with van der Waals surface area (Å²) >= 11 is 4.15. The van der Waals surface area contributed by atoms with Crippen LogP contribution in [0.4, 0.5) is 0 Å². The molecule has 12 heavy (non-hydrogen) atoms. The number of rotatable bonds is 5. The van der Waals surface area contributed by atoms with Gasteiger partial charge in [-0.15, -0.1) is 5.10 Å². The lowest BCUT2D eigenvalue weighted by Gasteiger charge is -2.06. The minimum Gasteiger partial charge on any atom is -0.481 e. The maximum absolute atomic E-state index is 10.3. The molecule has 0 aromatic carbocycles. The molecule has 0 aliphatic carbocycles. The van der Waals surface area contributed by atoms with Crippen molar-refractivity contribution in [1.29, 1.82) is 0 Å². The molecule has 0 aliphatic heterocycles.